The number of nitrogens with two attached hydrogens (primary N) is 1. The number of thiophene rings is 1. The molecule has 2 atom stereocenters. The Labute approximate surface area is 107 Å². The molecule has 2 unspecified atom stereocenters. The predicted octanol–water partition coefficient (Wildman–Crippen LogP) is 2.31. The maximum Gasteiger partial charge on any atom is 0.224 e. The van der Waals surface area contributed by atoms with Crippen LogP contribution in [0.1, 0.15) is 36.1 Å². The Kier molecular flexibility index (Phi) is 3.54. The van der Waals surface area contributed by atoms with Gasteiger partial charge in [-0.25, -0.2) is 0 Å². The molecule has 0 bridgehead atoms. The number of nitrogens with zero attached hydrogens (tertiary/aromatic N) is 1. The van der Waals surface area contributed by atoms with Crippen LogP contribution in [-0.2, 0) is 4.79 Å². The van der Waals surface area contributed by atoms with E-state index in [0.29, 0.717) is 12.3 Å². The van der Waals surface area contributed by atoms with Crippen molar-refractivity contribution >= 4 is 17.2 Å². The van der Waals surface area contributed by atoms with Gasteiger partial charge in [0, 0.05) is 28.8 Å². The van der Waals surface area contributed by atoms with E-state index >= 15 is 0 Å². The summed E-state index contributed by atoms with van der Waals surface area (Å²) in [5.41, 5.74) is 6.12. The highest BCUT2D eigenvalue weighted by atomic mass is 32.1. The molecule has 2 rings (SSSR count). The normalized spacial score (nSPS) is 25.0. The molecular weight excluding hydrogens is 232 g/mol. The van der Waals surface area contributed by atoms with Gasteiger partial charge in [-0.2, -0.15) is 0 Å². The van der Waals surface area contributed by atoms with Crippen molar-refractivity contribution in [3.05, 3.63) is 21.9 Å². The molecule has 2 heterocycles. The Morgan fingerprint density at radius 1 is 1.53 bits per heavy atom. The minimum Gasteiger partial charge on any atom is -0.333 e. The average molecular weight is 252 g/mol. The van der Waals surface area contributed by atoms with Crippen LogP contribution in [0.2, 0.25) is 0 Å². The SMILES string of the molecule is Cc1ccc(C2C(N)CC(=O)N2CC(C)C)s1. The summed E-state index contributed by atoms with van der Waals surface area (Å²) in [5.74, 6) is 0.676. The molecule has 1 saturated heterocycles. The summed E-state index contributed by atoms with van der Waals surface area (Å²) in [6, 6.07) is 4.24. The van der Waals surface area contributed by atoms with E-state index in [2.05, 4.69) is 32.9 Å². The lowest BCUT2D eigenvalue weighted by atomic mass is 10.1. The molecule has 1 aromatic rings. The smallest absolute Gasteiger partial charge is 0.224 e. The Morgan fingerprint density at radius 2 is 2.24 bits per heavy atom. The third kappa shape index (κ3) is 2.53. The highest BCUT2D eigenvalue weighted by molar-refractivity contribution is 7.12. The van der Waals surface area contributed by atoms with E-state index in [-0.39, 0.29) is 18.0 Å². The Hall–Kier alpha value is -0.870. The standard InChI is InChI=1S/C13H20N2OS/c1-8(2)7-15-12(16)6-10(14)13(15)11-5-4-9(3)17-11/h4-5,8,10,13H,6-7,14H2,1-3H3. The topological polar surface area (TPSA) is 46.3 Å². The molecule has 1 aliphatic rings. The van der Waals surface area contributed by atoms with Crippen LogP contribution in [0.4, 0.5) is 0 Å². The molecule has 1 aromatic heterocycles. The fourth-order valence-electron chi connectivity index (χ4n) is 2.40. The van der Waals surface area contributed by atoms with Gasteiger partial charge in [0.1, 0.15) is 0 Å². The molecule has 0 aromatic carbocycles. The summed E-state index contributed by atoms with van der Waals surface area (Å²) in [5, 5.41) is 0. The Balaban J connectivity index is 2.25. The average Bonchev–Trinajstić information content (AvgIpc) is 2.72. The zero-order chi connectivity index (χ0) is 12.6. The number of carbonyl (C=O) groups is 1. The van der Waals surface area contributed by atoms with Gasteiger partial charge < -0.3 is 10.6 Å². The monoisotopic (exact) mass is 252 g/mol. The highest BCUT2D eigenvalue weighted by Gasteiger charge is 2.39. The van der Waals surface area contributed by atoms with E-state index in [4.69, 9.17) is 5.73 Å². The van der Waals surface area contributed by atoms with Gasteiger partial charge in [0.2, 0.25) is 5.91 Å². The quantitative estimate of drug-likeness (QED) is 0.897. The zero-order valence-corrected chi connectivity index (χ0v) is 11.5. The zero-order valence-electron chi connectivity index (χ0n) is 10.6. The molecule has 17 heavy (non-hydrogen) atoms. The molecule has 3 nitrogen and oxygen atoms in total. The molecule has 0 saturated carbocycles. The lowest BCUT2D eigenvalue weighted by Gasteiger charge is -2.27. The van der Waals surface area contributed by atoms with Gasteiger partial charge in [-0.15, -0.1) is 11.3 Å². The van der Waals surface area contributed by atoms with Gasteiger partial charge >= 0.3 is 0 Å². The van der Waals surface area contributed by atoms with E-state index in [1.54, 1.807) is 11.3 Å². The number of likely N-dealkylation sites (tertiary alicyclic amines) is 1. The van der Waals surface area contributed by atoms with Gasteiger partial charge in [-0.3, -0.25) is 4.79 Å². The summed E-state index contributed by atoms with van der Waals surface area (Å²) in [4.78, 5) is 16.4. The van der Waals surface area contributed by atoms with Crippen molar-refractivity contribution in [3.63, 3.8) is 0 Å². The van der Waals surface area contributed by atoms with Crippen molar-refractivity contribution in [2.75, 3.05) is 6.54 Å². The first-order valence-corrected chi connectivity index (χ1v) is 6.92. The molecular formula is C13H20N2OS. The number of rotatable bonds is 3. The molecule has 94 valence electrons. The molecule has 1 amide bonds. The molecule has 0 aliphatic carbocycles. The summed E-state index contributed by atoms with van der Waals surface area (Å²) in [6.07, 6.45) is 0.480. The number of amides is 1. The van der Waals surface area contributed by atoms with Crippen LogP contribution in [0.15, 0.2) is 12.1 Å². The van der Waals surface area contributed by atoms with Gasteiger partial charge in [0.05, 0.1) is 6.04 Å². The Morgan fingerprint density at radius 3 is 2.76 bits per heavy atom. The van der Waals surface area contributed by atoms with E-state index in [0.717, 1.165) is 6.54 Å². The van der Waals surface area contributed by atoms with Crippen LogP contribution < -0.4 is 5.73 Å². The van der Waals surface area contributed by atoms with Crippen LogP contribution in [0, 0.1) is 12.8 Å². The minimum absolute atomic E-state index is 0.0562. The van der Waals surface area contributed by atoms with Crippen LogP contribution in [0.3, 0.4) is 0 Å². The maximum atomic E-state index is 12.0. The van der Waals surface area contributed by atoms with Crippen LogP contribution in [0.5, 0.6) is 0 Å². The lowest BCUT2D eigenvalue weighted by Crippen LogP contribution is -2.34. The largest absolute Gasteiger partial charge is 0.333 e. The summed E-state index contributed by atoms with van der Waals surface area (Å²) in [7, 11) is 0. The minimum atomic E-state index is -0.0562. The van der Waals surface area contributed by atoms with Gasteiger partial charge in [0.15, 0.2) is 0 Å². The molecule has 2 N–H and O–H groups in total. The van der Waals surface area contributed by atoms with E-state index in [1.165, 1.54) is 9.75 Å². The molecule has 1 aliphatic heterocycles. The summed E-state index contributed by atoms with van der Waals surface area (Å²) < 4.78 is 0. The number of hydrogen-bond acceptors (Lipinski definition) is 3. The van der Waals surface area contributed by atoms with Crippen LogP contribution in [0.25, 0.3) is 0 Å². The first-order valence-electron chi connectivity index (χ1n) is 6.10. The van der Waals surface area contributed by atoms with Crippen molar-refractivity contribution in [3.8, 4) is 0 Å². The third-order valence-electron chi connectivity index (χ3n) is 3.09. The fourth-order valence-corrected chi connectivity index (χ4v) is 3.47. The van der Waals surface area contributed by atoms with Crippen molar-refractivity contribution in [1.29, 1.82) is 0 Å². The summed E-state index contributed by atoms with van der Waals surface area (Å²) >= 11 is 1.75. The second-order valence-corrected chi connectivity index (χ2v) is 6.52. The molecule has 1 fully saturated rings. The molecule has 0 spiro atoms. The number of carbonyl (C=O) groups excluding carboxylic acids is 1. The third-order valence-corrected chi connectivity index (χ3v) is 4.16. The van der Waals surface area contributed by atoms with Gasteiger partial charge in [-0.1, -0.05) is 13.8 Å². The lowest BCUT2D eigenvalue weighted by molar-refractivity contribution is -0.129. The van der Waals surface area contributed by atoms with Crippen molar-refractivity contribution in [1.82, 2.24) is 4.90 Å². The van der Waals surface area contributed by atoms with Gasteiger partial charge in [0.25, 0.3) is 0 Å². The maximum absolute atomic E-state index is 12.0. The van der Waals surface area contributed by atoms with E-state index < -0.39 is 0 Å². The number of hydrogen-bond donors (Lipinski definition) is 1. The first kappa shape index (κ1) is 12.6. The van der Waals surface area contributed by atoms with Crippen molar-refractivity contribution in [2.45, 2.75) is 39.3 Å². The Bertz CT molecular complexity index is 413. The van der Waals surface area contributed by atoms with Crippen molar-refractivity contribution in [2.24, 2.45) is 11.7 Å². The van der Waals surface area contributed by atoms with Gasteiger partial charge in [-0.05, 0) is 25.0 Å². The highest BCUT2D eigenvalue weighted by Crippen LogP contribution is 2.36. The molecule has 4 heteroatoms. The van der Waals surface area contributed by atoms with Crippen LogP contribution in [-0.4, -0.2) is 23.4 Å². The summed E-state index contributed by atoms with van der Waals surface area (Å²) in [6.45, 7) is 7.15. The fraction of sp³-hybridized carbons (Fsp3) is 0.615. The van der Waals surface area contributed by atoms with E-state index in [9.17, 15) is 4.79 Å². The first-order chi connectivity index (χ1) is 7.99. The predicted molar refractivity (Wildman–Crippen MR) is 70.9 cm³/mol. The number of aryl methyl sites for hydroxylation is 1. The van der Waals surface area contributed by atoms with Crippen molar-refractivity contribution < 1.29 is 4.79 Å². The van der Waals surface area contributed by atoms with Crippen LogP contribution >= 0.6 is 11.3 Å². The van der Waals surface area contributed by atoms with E-state index in [1.807, 2.05) is 4.90 Å². The second-order valence-electron chi connectivity index (χ2n) is 5.20. The molecule has 0 radical (unpaired) electrons. The second kappa shape index (κ2) is 4.78.